The number of hydrogen-bond acceptors (Lipinski definition) is 4. The number of carbonyl (C=O) groups is 1. The van der Waals surface area contributed by atoms with Crippen molar-refractivity contribution in [2.45, 2.75) is 13.5 Å². The molecule has 6 heteroatoms. The first-order chi connectivity index (χ1) is 14.2. The van der Waals surface area contributed by atoms with Gasteiger partial charge in [0.25, 0.3) is 5.91 Å². The number of amides is 1. The first-order valence-corrected chi connectivity index (χ1v) is 10.7. The van der Waals surface area contributed by atoms with Gasteiger partial charge in [-0.15, -0.1) is 0 Å². The molecule has 1 N–H and O–H groups in total. The molecular formula is C23H24IN3O2. The van der Waals surface area contributed by atoms with Crippen LogP contribution in [-0.4, -0.2) is 30.6 Å². The van der Waals surface area contributed by atoms with E-state index in [0.717, 1.165) is 28.2 Å². The van der Waals surface area contributed by atoms with E-state index in [1.54, 1.807) is 6.20 Å². The van der Waals surface area contributed by atoms with Crippen LogP contribution in [0.4, 0.5) is 5.82 Å². The molecule has 1 heterocycles. The molecule has 1 aromatic heterocycles. The fourth-order valence-electron chi connectivity index (χ4n) is 2.86. The van der Waals surface area contributed by atoms with E-state index < -0.39 is 0 Å². The van der Waals surface area contributed by atoms with Crippen LogP contribution >= 0.6 is 22.6 Å². The summed E-state index contributed by atoms with van der Waals surface area (Å²) < 4.78 is 6.48. The SMILES string of the molecule is CCN(Cc1ccccc1)c1cc(I)c(C(=O)NCCOc2ccccc2)cn1. The third-order valence-corrected chi connectivity index (χ3v) is 5.30. The summed E-state index contributed by atoms with van der Waals surface area (Å²) in [6.07, 6.45) is 1.65. The summed E-state index contributed by atoms with van der Waals surface area (Å²) in [6, 6.07) is 21.8. The van der Waals surface area contributed by atoms with Crippen molar-refractivity contribution in [2.75, 3.05) is 24.6 Å². The number of benzene rings is 2. The quantitative estimate of drug-likeness (QED) is 0.346. The molecule has 150 valence electrons. The molecule has 1 amide bonds. The average Bonchev–Trinajstić information content (AvgIpc) is 2.76. The van der Waals surface area contributed by atoms with E-state index in [0.29, 0.717) is 18.7 Å². The zero-order chi connectivity index (χ0) is 20.5. The zero-order valence-corrected chi connectivity index (χ0v) is 18.5. The molecular weight excluding hydrogens is 477 g/mol. The molecule has 0 saturated carbocycles. The van der Waals surface area contributed by atoms with Crippen LogP contribution in [0.1, 0.15) is 22.8 Å². The van der Waals surface area contributed by atoms with Crippen LogP contribution in [0.2, 0.25) is 0 Å². The van der Waals surface area contributed by atoms with Gasteiger partial charge in [-0.1, -0.05) is 48.5 Å². The van der Waals surface area contributed by atoms with Gasteiger partial charge >= 0.3 is 0 Å². The molecule has 0 aliphatic heterocycles. The molecule has 0 spiro atoms. The topological polar surface area (TPSA) is 54.5 Å². The molecule has 0 bridgehead atoms. The number of pyridine rings is 1. The number of hydrogen-bond donors (Lipinski definition) is 1. The Balaban J connectivity index is 1.57. The van der Waals surface area contributed by atoms with Gasteiger partial charge in [-0.05, 0) is 53.3 Å². The Bertz CT molecular complexity index is 920. The molecule has 0 aliphatic rings. The summed E-state index contributed by atoms with van der Waals surface area (Å²) in [5.74, 6) is 1.52. The average molecular weight is 501 g/mol. The second-order valence-corrected chi connectivity index (χ2v) is 7.60. The second-order valence-electron chi connectivity index (χ2n) is 6.44. The molecule has 3 aromatic rings. The van der Waals surface area contributed by atoms with Crippen LogP contribution in [0.5, 0.6) is 5.75 Å². The first-order valence-electron chi connectivity index (χ1n) is 9.58. The third kappa shape index (κ3) is 6.19. The Morgan fingerprint density at radius 1 is 1.10 bits per heavy atom. The van der Waals surface area contributed by atoms with Gasteiger partial charge in [0.1, 0.15) is 18.2 Å². The number of halogens is 1. The summed E-state index contributed by atoms with van der Waals surface area (Å²) in [6.45, 7) is 4.56. The van der Waals surface area contributed by atoms with E-state index in [-0.39, 0.29) is 5.91 Å². The monoisotopic (exact) mass is 501 g/mol. The van der Waals surface area contributed by atoms with E-state index in [2.05, 4.69) is 56.8 Å². The van der Waals surface area contributed by atoms with Crippen molar-refractivity contribution < 1.29 is 9.53 Å². The lowest BCUT2D eigenvalue weighted by Gasteiger charge is -2.22. The van der Waals surface area contributed by atoms with Crippen LogP contribution in [0.15, 0.2) is 72.9 Å². The maximum atomic E-state index is 12.5. The fraction of sp³-hybridized carbons (Fsp3) is 0.217. The van der Waals surface area contributed by atoms with Gasteiger partial charge in [-0.25, -0.2) is 4.98 Å². The highest BCUT2D eigenvalue weighted by atomic mass is 127. The molecule has 0 atom stereocenters. The van der Waals surface area contributed by atoms with Crippen LogP contribution in [0, 0.1) is 3.57 Å². The van der Waals surface area contributed by atoms with Crippen molar-refractivity contribution in [3.8, 4) is 5.75 Å². The fourth-order valence-corrected chi connectivity index (χ4v) is 3.53. The number of aromatic nitrogens is 1. The number of ether oxygens (including phenoxy) is 1. The van der Waals surface area contributed by atoms with E-state index in [1.165, 1.54) is 5.56 Å². The molecule has 3 rings (SSSR count). The highest BCUT2D eigenvalue weighted by Gasteiger charge is 2.14. The predicted octanol–water partition coefficient (Wildman–Crippen LogP) is 4.52. The zero-order valence-electron chi connectivity index (χ0n) is 16.3. The molecule has 0 aliphatic carbocycles. The second kappa shape index (κ2) is 10.8. The van der Waals surface area contributed by atoms with E-state index >= 15 is 0 Å². The van der Waals surface area contributed by atoms with Crippen molar-refractivity contribution >= 4 is 34.3 Å². The third-order valence-electron chi connectivity index (χ3n) is 4.41. The van der Waals surface area contributed by atoms with Gasteiger partial charge in [0.2, 0.25) is 0 Å². The molecule has 0 fully saturated rings. The Morgan fingerprint density at radius 2 is 1.79 bits per heavy atom. The van der Waals surface area contributed by atoms with Crippen molar-refractivity contribution in [2.24, 2.45) is 0 Å². The van der Waals surface area contributed by atoms with Crippen molar-refractivity contribution in [3.63, 3.8) is 0 Å². The molecule has 0 radical (unpaired) electrons. The molecule has 0 unspecified atom stereocenters. The maximum absolute atomic E-state index is 12.5. The van der Waals surface area contributed by atoms with Crippen molar-refractivity contribution in [1.29, 1.82) is 0 Å². The highest BCUT2D eigenvalue weighted by molar-refractivity contribution is 14.1. The predicted molar refractivity (Wildman–Crippen MR) is 124 cm³/mol. The lowest BCUT2D eigenvalue weighted by molar-refractivity contribution is 0.0945. The van der Waals surface area contributed by atoms with Gasteiger partial charge < -0.3 is 15.0 Å². The Labute approximate surface area is 185 Å². The lowest BCUT2D eigenvalue weighted by Crippen LogP contribution is -2.29. The summed E-state index contributed by atoms with van der Waals surface area (Å²) in [5, 5.41) is 2.89. The summed E-state index contributed by atoms with van der Waals surface area (Å²) in [4.78, 5) is 19.2. The number of para-hydroxylation sites is 1. The number of carbonyl (C=O) groups excluding carboxylic acids is 1. The van der Waals surface area contributed by atoms with Gasteiger partial charge in [0.05, 0.1) is 12.1 Å². The molecule has 2 aromatic carbocycles. The first kappa shape index (κ1) is 21.1. The minimum absolute atomic E-state index is 0.142. The van der Waals surface area contributed by atoms with Gasteiger partial charge in [-0.3, -0.25) is 4.79 Å². The van der Waals surface area contributed by atoms with E-state index in [9.17, 15) is 4.79 Å². The van der Waals surface area contributed by atoms with Crippen molar-refractivity contribution in [3.05, 3.63) is 87.6 Å². The number of rotatable bonds is 9. The van der Waals surface area contributed by atoms with E-state index in [4.69, 9.17) is 4.74 Å². The minimum Gasteiger partial charge on any atom is -0.492 e. The number of anilines is 1. The van der Waals surface area contributed by atoms with Gasteiger partial charge in [0.15, 0.2) is 0 Å². The Morgan fingerprint density at radius 3 is 2.45 bits per heavy atom. The van der Waals surface area contributed by atoms with Gasteiger partial charge in [-0.2, -0.15) is 0 Å². The van der Waals surface area contributed by atoms with Crippen molar-refractivity contribution in [1.82, 2.24) is 10.3 Å². The molecule has 29 heavy (non-hydrogen) atoms. The molecule has 0 saturated heterocycles. The maximum Gasteiger partial charge on any atom is 0.254 e. The summed E-state index contributed by atoms with van der Waals surface area (Å²) >= 11 is 2.19. The Hall–Kier alpha value is -2.61. The summed E-state index contributed by atoms with van der Waals surface area (Å²) in [5.41, 5.74) is 1.80. The Kier molecular flexibility index (Phi) is 7.86. The highest BCUT2D eigenvalue weighted by Crippen LogP contribution is 2.20. The smallest absolute Gasteiger partial charge is 0.254 e. The van der Waals surface area contributed by atoms with E-state index in [1.807, 2.05) is 54.6 Å². The van der Waals surface area contributed by atoms with Crippen LogP contribution in [0.3, 0.4) is 0 Å². The summed E-state index contributed by atoms with van der Waals surface area (Å²) in [7, 11) is 0. The van der Waals surface area contributed by atoms with Gasteiger partial charge in [0, 0.05) is 22.9 Å². The standard InChI is InChI=1S/C23H24IN3O2/c1-2-27(17-18-9-5-3-6-10-18)22-15-21(24)20(16-26-22)23(28)25-13-14-29-19-11-7-4-8-12-19/h3-12,15-16H,2,13-14,17H2,1H3,(H,25,28). The largest absolute Gasteiger partial charge is 0.492 e. The van der Waals surface area contributed by atoms with Crippen LogP contribution in [-0.2, 0) is 6.54 Å². The van der Waals surface area contributed by atoms with Crippen LogP contribution in [0.25, 0.3) is 0 Å². The molecule has 5 nitrogen and oxygen atoms in total. The number of nitrogens with zero attached hydrogens (tertiary/aromatic N) is 2. The normalized spacial score (nSPS) is 10.4. The lowest BCUT2D eigenvalue weighted by atomic mass is 10.2. The number of nitrogens with one attached hydrogen (secondary N) is 1. The van der Waals surface area contributed by atoms with Crippen LogP contribution < -0.4 is 15.0 Å². The minimum atomic E-state index is -0.142.